The van der Waals surface area contributed by atoms with Crippen LogP contribution in [0.3, 0.4) is 0 Å². The number of hydrogen-bond acceptors (Lipinski definition) is 5. The van der Waals surface area contributed by atoms with Gasteiger partial charge in [-0.3, -0.25) is 0 Å². The third-order valence-electron chi connectivity index (χ3n) is 5.49. The number of hydrogen-bond donors (Lipinski definition) is 0. The lowest BCUT2D eigenvalue weighted by molar-refractivity contribution is 0.297. The lowest BCUT2D eigenvalue weighted by Gasteiger charge is -2.29. The van der Waals surface area contributed by atoms with E-state index in [1.54, 1.807) is 25.2 Å². The number of piperidine rings is 1. The molecule has 0 amide bonds. The summed E-state index contributed by atoms with van der Waals surface area (Å²) in [6.07, 6.45) is 4.55. The Morgan fingerprint density at radius 3 is 2.31 bits per heavy atom. The summed E-state index contributed by atoms with van der Waals surface area (Å²) in [7, 11) is -2.02. The smallest absolute Gasteiger partial charge is 0.243 e. The zero-order valence-electron chi connectivity index (χ0n) is 16.8. The van der Waals surface area contributed by atoms with E-state index in [2.05, 4.69) is 17.0 Å². The molecule has 0 bridgehead atoms. The summed E-state index contributed by atoms with van der Waals surface area (Å²) in [5.74, 6) is 1.08. The first-order valence-electron chi connectivity index (χ1n) is 10.2. The van der Waals surface area contributed by atoms with Gasteiger partial charge in [0.15, 0.2) is 11.5 Å². The fraction of sp³-hybridized carbons (Fsp3) is 0.455. The maximum atomic E-state index is 13.0. The first-order valence-corrected chi connectivity index (χ1v) is 11.7. The third-order valence-corrected chi connectivity index (χ3v) is 7.29. The van der Waals surface area contributed by atoms with E-state index in [0.29, 0.717) is 31.3 Å². The van der Waals surface area contributed by atoms with Gasteiger partial charge in [-0.15, -0.1) is 0 Å². The van der Waals surface area contributed by atoms with Crippen LogP contribution in [0.1, 0.15) is 31.2 Å². The molecule has 0 unspecified atom stereocenters. The molecule has 2 aliphatic heterocycles. The largest absolute Gasteiger partial charge is 0.490 e. The van der Waals surface area contributed by atoms with Crippen LogP contribution < -0.4 is 14.4 Å². The number of nitrogens with zero attached hydrogens (tertiary/aromatic N) is 2. The molecule has 2 heterocycles. The monoisotopic (exact) mass is 416 g/mol. The zero-order valence-corrected chi connectivity index (χ0v) is 17.7. The molecule has 2 aliphatic rings. The minimum atomic E-state index is -3.63. The maximum absolute atomic E-state index is 13.0. The number of fused-ring (bicyclic) bond motifs is 1. The van der Waals surface area contributed by atoms with Crippen molar-refractivity contribution in [2.24, 2.45) is 0 Å². The molecule has 0 N–H and O–H groups in total. The van der Waals surface area contributed by atoms with Crippen LogP contribution in [0.5, 0.6) is 11.5 Å². The number of benzene rings is 2. The first kappa shape index (κ1) is 20.0. The van der Waals surface area contributed by atoms with E-state index in [1.165, 1.54) is 29.3 Å². The molecule has 2 aromatic rings. The van der Waals surface area contributed by atoms with Gasteiger partial charge in [-0.05, 0) is 49.1 Å². The molecular formula is C22H28N2O4S. The molecule has 0 spiro atoms. The maximum Gasteiger partial charge on any atom is 0.243 e. The molecule has 0 aliphatic carbocycles. The van der Waals surface area contributed by atoms with E-state index in [4.69, 9.17) is 9.47 Å². The van der Waals surface area contributed by atoms with E-state index in [-0.39, 0.29) is 4.90 Å². The molecular weight excluding hydrogens is 388 g/mol. The van der Waals surface area contributed by atoms with E-state index in [0.717, 1.165) is 25.1 Å². The van der Waals surface area contributed by atoms with E-state index >= 15 is 0 Å². The quantitative estimate of drug-likeness (QED) is 0.745. The molecule has 0 saturated carbocycles. The highest BCUT2D eigenvalue weighted by Crippen LogP contribution is 2.33. The zero-order chi connectivity index (χ0) is 20.3. The summed E-state index contributed by atoms with van der Waals surface area (Å²) in [6.45, 7) is 3.61. The van der Waals surface area contributed by atoms with Crippen molar-refractivity contribution in [3.63, 3.8) is 0 Å². The van der Waals surface area contributed by atoms with Crippen LogP contribution in [-0.4, -0.2) is 46.1 Å². The van der Waals surface area contributed by atoms with Crippen molar-refractivity contribution in [3.05, 3.63) is 48.0 Å². The summed E-state index contributed by atoms with van der Waals surface area (Å²) < 4.78 is 38.7. The molecule has 0 radical (unpaired) electrons. The number of ether oxygens (including phenoxy) is 2. The highest BCUT2D eigenvalue weighted by atomic mass is 32.2. The van der Waals surface area contributed by atoms with Crippen LogP contribution in [0, 0.1) is 0 Å². The topological polar surface area (TPSA) is 59.1 Å². The van der Waals surface area contributed by atoms with E-state index < -0.39 is 10.0 Å². The Morgan fingerprint density at radius 2 is 1.59 bits per heavy atom. The molecule has 0 aromatic heterocycles. The van der Waals surface area contributed by atoms with Crippen LogP contribution in [0.15, 0.2) is 47.4 Å². The van der Waals surface area contributed by atoms with Gasteiger partial charge < -0.3 is 14.4 Å². The van der Waals surface area contributed by atoms with Crippen molar-refractivity contribution in [1.29, 1.82) is 0 Å². The van der Waals surface area contributed by atoms with Crippen molar-refractivity contribution >= 4 is 15.7 Å². The third kappa shape index (κ3) is 4.51. The molecule has 1 saturated heterocycles. The molecule has 1 fully saturated rings. The second kappa shape index (κ2) is 8.63. The molecule has 2 aromatic carbocycles. The van der Waals surface area contributed by atoms with E-state index in [1.807, 2.05) is 12.1 Å². The number of rotatable bonds is 5. The average molecular weight is 417 g/mol. The first-order chi connectivity index (χ1) is 14.0. The summed E-state index contributed by atoms with van der Waals surface area (Å²) in [5, 5.41) is 0. The normalized spacial score (nSPS) is 17.2. The van der Waals surface area contributed by atoms with Gasteiger partial charge in [-0.25, -0.2) is 8.42 Å². The van der Waals surface area contributed by atoms with E-state index in [9.17, 15) is 8.42 Å². The Morgan fingerprint density at radius 1 is 0.897 bits per heavy atom. The number of sulfonamides is 1. The minimum absolute atomic E-state index is 0.217. The van der Waals surface area contributed by atoms with Crippen molar-refractivity contribution in [3.8, 4) is 11.5 Å². The molecule has 0 atom stereocenters. The fourth-order valence-corrected chi connectivity index (χ4v) is 4.97. The summed E-state index contributed by atoms with van der Waals surface area (Å²) in [4.78, 5) is 2.61. The van der Waals surface area contributed by atoms with Gasteiger partial charge in [0, 0.05) is 44.9 Å². The lowest BCUT2D eigenvalue weighted by atomic mass is 10.1. The second-order valence-electron chi connectivity index (χ2n) is 7.63. The van der Waals surface area contributed by atoms with Gasteiger partial charge in [0.25, 0.3) is 0 Å². The van der Waals surface area contributed by atoms with Gasteiger partial charge in [0.05, 0.1) is 18.1 Å². The molecule has 7 heteroatoms. The predicted molar refractivity (Wildman–Crippen MR) is 113 cm³/mol. The molecule has 6 nitrogen and oxygen atoms in total. The van der Waals surface area contributed by atoms with Crippen LogP contribution >= 0.6 is 0 Å². The summed E-state index contributed by atoms with van der Waals surface area (Å²) in [5.41, 5.74) is 2.17. The van der Waals surface area contributed by atoms with Crippen molar-refractivity contribution in [1.82, 2.24) is 4.31 Å². The van der Waals surface area contributed by atoms with Gasteiger partial charge >= 0.3 is 0 Å². The molecule has 156 valence electrons. The second-order valence-corrected chi connectivity index (χ2v) is 9.68. The van der Waals surface area contributed by atoms with Crippen LogP contribution in [0.4, 0.5) is 5.69 Å². The standard InChI is InChI=1S/C22H28N2O4S/c1-23(17-18-6-8-19(9-7-18)24-12-3-2-4-13-24)29(25,26)20-10-11-21-22(16-20)28-15-5-14-27-21/h6-11,16H,2-5,12-15,17H2,1H3. The Hall–Kier alpha value is -2.25. The summed E-state index contributed by atoms with van der Waals surface area (Å²) in [6, 6.07) is 13.0. The number of anilines is 1. The Bertz CT molecular complexity index is 938. The summed E-state index contributed by atoms with van der Waals surface area (Å²) >= 11 is 0. The highest BCUT2D eigenvalue weighted by molar-refractivity contribution is 7.89. The van der Waals surface area contributed by atoms with Gasteiger partial charge in [0.1, 0.15) is 0 Å². The van der Waals surface area contributed by atoms with Crippen LogP contribution in [-0.2, 0) is 16.6 Å². The van der Waals surface area contributed by atoms with Crippen LogP contribution in [0.25, 0.3) is 0 Å². The highest BCUT2D eigenvalue weighted by Gasteiger charge is 2.23. The van der Waals surface area contributed by atoms with Gasteiger partial charge in [-0.1, -0.05) is 12.1 Å². The molecule has 4 rings (SSSR count). The van der Waals surface area contributed by atoms with Gasteiger partial charge in [0.2, 0.25) is 10.0 Å². The lowest BCUT2D eigenvalue weighted by Crippen LogP contribution is -2.29. The van der Waals surface area contributed by atoms with Crippen molar-refractivity contribution < 1.29 is 17.9 Å². The fourth-order valence-electron chi connectivity index (χ4n) is 3.79. The Labute approximate surface area is 173 Å². The SMILES string of the molecule is CN(Cc1ccc(N2CCCCC2)cc1)S(=O)(=O)c1ccc2c(c1)OCCCO2. The van der Waals surface area contributed by atoms with Crippen LogP contribution in [0.2, 0.25) is 0 Å². The molecule has 29 heavy (non-hydrogen) atoms. The van der Waals surface area contributed by atoms with Crippen molar-refractivity contribution in [2.45, 2.75) is 37.1 Å². The average Bonchev–Trinajstić information content (AvgIpc) is 3.00. The predicted octanol–water partition coefficient (Wildman–Crippen LogP) is 3.66. The minimum Gasteiger partial charge on any atom is -0.490 e. The Balaban J connectivity index is 1.47. The van der Waals surface area contributed by atoms with Gasteiger partial charge in [-0.2, -0.15) is 4.31 Å². The van der Waals surface area contributed by atoms with Crippen molar-refractivity contribution in [2.75, 3.05) is 38.3 Å². The Kier molecular flexibility index (Phi) is 5.96.